The minimum absolute atomic E-state index is 0.0283. The monoisotopic (exact) mass is 260 g/mol. The fraction of sp³-hybridized carbons (Fsp3) is 0.400. The highest BCUT2D eigenvalue weighted by atomic mass is 16.5. The number of hydrogen-bond acceptors (Lipinski definition) is 3. The molecule has 1 amide bonds. The van der Waals surface area contributed by atoms with Gasteiger partial charge in [-0.2, -0.15) is 0 Å². The lowest BCUT2D eigenvalue weighted by Crippen LogP contribution is -2.29. The average molecular weight is 260 g/mol. The van der Waals surface area contributed by atoms with Gasteiger partial charge in [0.15, 0.2) is 0 Å². The van der Waals surface area contributed by atoms with Gasteiger partial charge >= 0.3 is 0 Å². The van der Waals surface area contributed by atoms with Crippen LogP contribution in [0.25, 0.3) is 0 Å². The first-order valence-corrected chi connectivity index (χ1v) is 6.50. The van der Waals surface area contributed by atoms with Crippen molar-refractivity contribution in [3.63, 3.8) is 0 Å². The normalized spacial score (nSPS) is 13.9. The van der Waals surface area contributed by atoms with Gasteiger partial charge in [-0.15, -0.1) is 0 Å². The van der Waals surface area contributed by atoms with Crippen molar-refractivity contribution in [3.8, 4) is 0 Å². The molecule has 0 saturated heterocycles. The molecule has 19 heavy (non-hydrogen) atoms. The van der Waals surface area contributed by atoms with E-state index in [1.165, 1.54) is 0 Å². The van der Waals surface area contributed by atoms with E-state index in [9.17, 15) is 4.79 Å². The highest BCUT2D eigenvalue weighted by Gasteiger charge is 2.12. The summed E-state index contributed by atoms with van der Waals surface area (Å²) in [6, 6.07) is 7.75. The lowest BCUT2D eigenvalue weighted by Gasteiger charge is -2.18. The largest absolute Gasteiger partial charge is 0.383 e. The van der Waals surface area contributed by atoms with E-state index in [4.69, 9.17) is 4.74 Å². The van der Waals surface area contributed by atoms with Gasteiger partial charge in [0.1, 0.15) is 0 Å². The molecule has 1 heterocycles. The molecular formula is C15H20N2O2. The van der Waals surface area contributed by atoms with E-state index in [1.807, 2.05) is 24.3 Å². The number of anilines is 1. The molecule has 1 aromatic carbocycles. The highest BCUT2D eigenvalue weighted by molar-refractivity contribution is 5.94. The summed E-state index contributed by atoms with van der Waals surface area (Å²) in [4.78, 5) is 16.0. The van der Waals surface area contributed by atoms with Crippen molar-refractivity contribution in [2.45, 2.75) is 6.42 Å². The van der Waals surface area contributed by atoms with E-state index in [1.54, 1.807) is 19.1 Å². The van der Waals surface area contributed by atoms with Gasteiger partial charge in [-0.1, -0.05) is 6.08 Å². The van der Waals surface area contributed by atoms with Crippen LogP contribution < -0.4 is 4.90 Å². The van der Waals surface area contributed by atoms with Crippen LogP contribution in [0.3, 0.4) is 0 Å². The summed E-state index contributed by atoms with van der Waals surface area (Å²) in [5.41, 5.74) is 1.84. The Bertz CT molecular complexity index is 454. The minimum atomic E-state index is 0.0283. The van der Waals surface area contributed by atoms with Crippen molar-refractivity contribution in [1.82, 2.24) is 4.90 Å². The molecule has 0 aliphatic carbocycles. The number of benzene rings is 1. The number of carbonyl (C=O) groups is 1. The number of rotatable bonds is 5. The molecule has 0 unspecified atom stereocenters. The first-order valence-electron chi connectivity index (χ1n) is 6.50. The summed E-state index contributed by atoms with van der Waals surface area (Å²) in [7, 11) is 3.43. The van der Waals surface area contributed by atoms with Crippen LogP contribution in [0, 0.1) is 0 Å². The predicted molar refractivity (Wildman–Crippen MR) is 76.4 cm³/mol. The van der Waals surface area contributed by atoms with Gasteiger partial charge in [0.2, 0.25) is 0 Å². The molecule has 1 aliphatic rings. The molecule has 0 bridgehead atoms. The Kier molecular flexibility index (Phi) is 4.58. The van der Waals surface area contributed by atoms with E-state index in [2.05, 4.69) is 17.2 Å². The maximum Gasteiger partial charge on any atom is 0.253 e. The van der Waals surface area contributed by atoms with Crippen LogP contribution in [-0.2, 0) is 4.74 Å². The molecule has 2 rings (SSSR count). The van der Waals surface area contributed by atoms with Crippen LogP contribution in [0.4, 0.5) is 5.69 Å². The van der Waals surface area contributed by atoms with Crippen LogP contribution in [0.15, 0.2) is 36.5 Å². The van der Waals surface area contributed by atoms with E-state index in [-0.39, 0.29) is 5.91 Å². The van der Waals surface area contributed by atoms with E-state index >= 15 is 0 Å². The van der Waals surface area contributed by atoms with Gasteiger partial charge < -0.3 is 14.5 Å². The molecule has 0 aromatic heterocycles. The van der Waals surface area contributed by atoms with Crippen molar-refractivity contribution in [2.75, 3.05) is 38.8 Å². The van der Waals surface area contributed by atoms with Crippen molar-refractivity contribution >= 4 is 11.6 Å². The zero-order valence-electron chi connectivity index (χ0n) is 11.5. The number of nitrogens with zero attached hydrogens (tertiary/aromatic N) is 2. The molecule has 0 atom stereocenters. The second-order valence-electron chi connectivity index (χ2n) is 4.63. The van der Waals surface area contributed by atoms with Gasteiger partial charge in [-0.25, -0.2) is 0 Å². The van der Waals surface area contributed by atoms with E-state index in [0.717, 1.165) is 18.7 Å². The van der Waals surface area contributed by atoms with Crippen molar-refractivity contribution in [3.05, 3.63) is 42.1 Å². The second kappa shape index (κ2) is 6.38. The maximum absolute atomic E-state index is 12.1. The Labute approximate surface area is 114 Å². The van der Waals surface area contributed by atoms with Crippen LogP contribution in [0.1, 0.15) is 16.8 Å². The summed E-state index contributed by atoms with van der Waals surface area (Å²) in [6.07, 6.45) is 5.32. The predicted octanol–water partition coefficient (Wildman–Crippen LogP) is 2.13. The first kappa shape index (κ1) is 13.6. The second-order valence-corrected chi connectivity index (χ2v) is 4.63. The maximum atomic E-state index is 12.1. The molecule has 1 aliphatic heterocycles. The van der Waals surface area contributed by atoms with Gasteiger partial charge in [0.25, 0.3) is 5.91 Å². The van der Waals surface area contributed by atoms with Gasteiger partial charge in [0, 0.05) is 44.7 Å². The van der Waals surface area contributed by atoms with Crippen molar-refractivity contribution < 1.29 is 9.53 Å². The van der Waals surface area contributed by atoms with Gasteiger partial charge in [-0.05, 0) is 30.7 Å². The molecule has 1 aromatic rings. The zero-order valence-corrected chi connectivity index (χ0v) is 11.5. The van der Waals surface area contributed by atoms with Gasteiger partial charge in [0.05, 0.1) is 6.61 Å². The molecule has 0 saturated carbocycles. The third-order valence-corrected chi connectivity index (χ3v) is 3.25. The zero-order chi connectivity index (χ0) is 13.7. The number of methoxy groups -OCH3 is 1. The summed E-state index contributed by atoms with van der Waals surface area (Å²) in [5.74, 6) is 0.0283. The molecule has 0 fully saturated rings. The number of amides is 1. The Morgan fingerprint density at radius 1 is 1.37 bits per heavy atom. The molecule has 4 nitrogen and oxygen atoms in total. The summed E-state index contributed by atoms with van der Waals surface area (Å²) in [6.45, 7) is 2.17. The Hall–Kier alpha value is -1.81. The Morgan fingerprint density at radius 2 is 2.11 bits per heavy atom. The Balaban J connectivity index is 2.01. The van der Waals surface area contributed by atoms with E-state index < -0.39 is 0 Å². The minimum Gasteiger partial charge on any atom is -0.383 e. The average Bonchev–Trinajstić information content (AvgIpc) is 2.98. The molecule has 0 N–H and O–H groups in total. The standard InChI is InChI=1S/C15H20N2O2/c1-16(11-12-19-2)15(18)13-5-7-14(8-6-13)17-9-3-4-10-17/h3,5-9H,4,10-12H2,1-2H3. The fourth-order valence-corrected chi connectivity index (χ4v) is 2.05. The Morgan fingerprint density at radius 3 is 2.68 bits per heavy atom. The fourth-order valence-electron chi connectivity index (χ4n) is 2.05. The van der Waals surface area contributed by atoms with Crippen LogP contribution in [0.2, 0.25) is 0 Å². The number of hydrogen-bond donors (Lipinski definition) is 0. The summed E-state index contributed by atoms with van der Waals surface area (Å²) < 4.78 is 4.98. The van der Waals surface area contributed by atoms with Crippen molar-refractivity contribution in [1.29, 1.82) is 0 Å². The smallest absolute Gasteiger partial charge is 0.253 e. The first-order chi connectivity index (χ1) is 9.22. The van der Waals surface area contributed by atoms with Crippen LogP contribution >= 0.6 is 0 Å². The third-order valence-electron chi connectivity index (χ3n) is 3.25. The number of likely N-dealkylation sites (N-methyl/N-ethyl adjacent to an activating group) is 1. The lowest BCUT2D eigenvalue weighted by atomic mass is 10.1. The molecular weight excluding hydrogens is 240 g/mol. The third kappa shape index (κ3) is 3.35. The number of ether oxygens (including phenoxy) is 1. The van der Waals surface area contributed by atoms with Crippen LogP contribution in [0.5, 0.6) is 0 Å². The summed E-state index contributed by atoms with van der Waals surface area (Å²) >= 11 is 0. The molecule has 0 radical (unpaired) electrons. The summed E-state index contributed by atoms with van der Waals surface area (Å²) in [5, 5.41) is 0. The number of carbonyl (C=O) groups excluding carboxylic acids is 1. The topological polar surface area (TPSA) is 32.8 Å². The quantitative estimate of drug-likeness (QED) is 0.813. The van der Waals surface area contributed by atoms with Gasteiger partial charge in [-0.3, -0.25) is 4.79 Å². The van der Waals surface area contributed by atoms with E-state index in [0.29, 0.717) is 18.7 Å². The van der Waals surface area contributed by atoms with Crippen molar-refractivity contribution in [2.24, 2.45) is 0 Å². The molecule has 0 spiro atoms. The lowest BCUT2D eigenvalue weighted by molar-refractivity contribution is 0.0744. The molecule has 4 heteroatoms. The highest BCUT2D eigenvalue weighted by Crippen LogP contribution is 2.19. The van der Waals surface area contributed by atoms with Crippen LogP contribution in [-0.4, -0.2) is 44.7 Å². The SMILES string of the molecule is COCCN(C)C(=O)c1ccc(N2C=CCC2)cc1. The molecule has 102 valence electrons.